The van der Waals surface area contributed by atoms with Gasteiger partial charge in [-0.2, -0.15) is 0 Å². The van der Waals surface area contributed by atoms with E-state index in [-0.39, 0.29) is 11.9 Å². The highest BCUT2D eigenvalue weighted by Gasteiger charge is 2.23. The number of methoxy groups -OCH3 is 2. The molecule has 3 rings (SSSR count). The average Bonchev–Trinajstić information content (AvgIpc) is 3.47. The van der Waals surface area contributed by atoms with Crippen molar-refractivity contribution in [3.63, 3.8) is 0 Å². The van der Waals surface area contributed by atoms with Crippen LogP contribution in [-0.2, 0) is 11.2 Å². The molecule has 0 spiro atoms. The Hall–Kier alpha value is -3.22. The van der Waals surface area contributed by atoms with Crippen LogP contribution < -0.4 is 25.4 Å². The fourth-order valence-corrected chi connectivity index (χ4v) is 2.61. The number of hydrogen-bond donors (Lipinski definition) is 3. The number of ether oxygens (including phenoxy) is 2. The summed E-state index contributed by atoms with van der Waals surface area (Å²) in [6, 6.07) is 12.3. The molecule has 3 N–H and O–H groups in total. The number of carbonyl (C=O) groups is 2. The molecule has 1 saturated carbocycles. The standard InChI is InChI=1S/C20H23N3O4/c1-26-17-10-9-16(12-18(17)27-2)23-20(25)22-15-5-3-13(4-6-15)11-19(24)21-14-7-8-14/h3-6,9-10,12,14H,7-8,11H2,1-2H3,(H,21,24)(H2,22,23,25). The normalized spacial score (nSPS) is 12.8. The molecule has 3 amide bonds. The average molecular weight is 369 g/mol. The van der Waals surface area contributed by atoms with Gasteiger partial charge in [-0.25, -0.2) is 4.79 Å². The highest BCUT2D eigenvalue weighted by Crippen LogP contribution is 2.29. The van der Waals surface area contributed by atoms with Gasteiger partial charge in [-0.15, -0.1) is 0 Å². The molecule has 1 fully saturated rings. The molecule has 0 heterocycles. The topological polar surface area (TPSA) is 88.7 Å². The van der Waals surface area contributed by atoms with E-state index in [0.717, 1.165) is 18.4 Å². The number of amides is 3. The first-order valence-corrected chi connectivity index (χ1v) is 8.75. The van der Waals surface area contributed by atoms with Crippen molar-refractivity contribution in [3.05, 3.63) is 48.0 Å². The minimum Gasteiger partial charge on any atom is -0.493 e. The second-order valence-corrected chi connectivity index (χ2v) is 6.36. The van der Waals surface area contributed by atoms with Gasteiger partial charge in [0.25, 0.3) is 0 Å². The summed E-state index contributed by atoms with van der Waals surface area (Å²) in [5, 5.41) is 8.45. The molecule has 142 valence electrons. The Morgan fingerprint density at radius 1 is 0.926 bits per heavy atom. The molecule has 7 heteroatoms. The molecule has 0 saturated heterocycles. The summed E-state index contributed by atoms with van der Waals surface area (Å²) in [6.45, 7) is 0. The fraction of sp³-hybridized carbons (Fsp3) is 0.300. The third-order valence-corrected chi connectivity index (χ3v) is 4.16. The zero-order valence-corrected chi connectivity index (χ0v) is 15.4. The highest BCUT2D eigenvalue weighted by molar-refractivity contribution is 6.00. The smallest absolute Gasteiger partial charge is 0.323 e. The summed E-state index contributed by atoms with van der Waals surface area (Å²) in [5.74, 6) is 1.15. The van der Waals surface area contributed by atoms with Gasteiger partial charge in [-0.1, -0.05) is 12.1 Å². The predicted octanol–water partition coefficient (Wildman–Crippen LogP) is 3.17. The van der Waals surface area contributed by atoms with Crippen LogP contribution in [0.15, 0.2) is 42.5 Å². The van der Waals surface area contributed by atoms with Crippen LogP contribution in [0.2, 0.25) is 0 Å². The van der Waals surface area contributed by atoms with Gasteiger partial charge in [0.2, 0.25) is 5.91 Å². The molecule has 0 radical (unpaired) electrons. The number of rotatable bonds is 7. The summed E-state index contributed by atoms with van der Waals surface area (Å²) >= 11 is 0. The van der Waals surface area contributed by atoms with Crippen molar-refractivity contribution in [3.8, 4) is 11.5 Å². The number of carbonyl (C=O) groups excluding carboxylic acids is 2. The van der Waals surface area contributed by atoms with Crippen molar-refractivity contribution in [2.45, 2.75) is 25.3 Å². The van der Waals surface area contributed by atoms with Gasteiger partial charge >= 0.3 is 6.03 Å². The van der Waals surface area contributed by atoms with Crippen LogP contribution >= 0.6 is 0 Å². The molecule has 1 aliphatic rings. The quantitative estimate of drug-likeness (QED) is 0.699. The monoisotopic (exact) mass is 369 g/mol. The van der Waals surface area contributed by atoms with Gasteiger partial charge in [-0.05, 0) is 42.7 Å². The van der Waals surface area contributed by atoms with Gasteiger partial charge in [0.05, 0.1) is 20.6 Å². The number of benzene rings is 2. The van der Waals surface area contributed by atoms with Gasteiger partial charge in [0.15, 0.2) is 11.5 Å². The SMILES string of the molecule is COc1ccc(NC(=O)Nc2ccc(CC(=O)NC3CC3)cc2)cc1OC. The molecule has 27 heavy (non-hydrogen) atoms. The maximum Gasteiger partial charge on any atom is 0.323 e. The van der Waals surface area contributed by atoms with E-state index in [9.17, 15) is 9.59 Å². The number of hydrogen-bond acceptors (Lipinski definition) is 4. The molecule has 0 atom stereocenters. The van der Waals surface area contributed by atoms with Gasteiger partial charge in [0.1, 0.15) is 0 Å². The van der Waals surface area contributed by atoms with Crippen molar-refractivity contribution >= 4 is 23.3 Å². The number of nitrogens with one attached hydrogen (secondary N) is 3. The Balaban J connectivity index is 1.53. The lowest BCUT2D eigenvalue weighted by Gasteiger charge is -2.11. The lowest BCUT2D eigenvalue weighted by atomic mass is 10.1. The zero-order chi connectivity index (χ0) is 19.2. The van der Waals surface area contributed by atoms with Crippen molar-refractivity contribution < 1.29 is 19.1 Å². The van der Waals surface area contributed by atoms with E-state index in [2.05, 4.69) is 16.0 Å². The van der Waals surface area contributed by atoms with Crippen molar-refractivity contribution in [2.75, 3.05) is 24.9 Å². The third kappa shape index (κ3) is 5.37. The predicted molar refractivity (Wildman–Crippen MR) is 103 cm³/mol. The molecule has 7 nitrogen and oxygen atoms in total. The van der Waals surface area contributed by atoms with Crippen LogP contribution in [0.1, 0.15) is 18.4 Å². The van der Waals surface area contributed by atoms with Crippen LogP contribution in [0.4, 0.5) is 16.2 Å². The zero-order valence-electron chi connectivity index (χ0n) is 15.4. The molecule has 2 aromatic rings. The van der Waals surface area contributed by atoms with Gasteiger partial charge in [-0.3, -0.25) is 4.79 Å². The molecule has 1 aliphatic carbocycles. The number of anilines is 2. The van der Waals surface area contributed by atoms with E-state index in [1.54, 1.807) is 37.4 Å². The Labute approximate surface area is 158 Å². The Morgan fingerprint density at radius 3 is 2.19 bits per heavy atom. The largest absolute Gasteiger partial charge is 0.493 e. The second-order valence-electron chi connectivity index (χ2n) is 6.36. The van der Waals surface area contributed by atoms with Crippen LogP contribution in [0, 0.1) is 0 Å². The lowest BCUT2D eigenvalue weighted by Crippen LogP contribution is -2.26. The molecular formula is C20H23N3O4. The molecule has 0 aromatic heterocycles. The van der Waals surface area contributed by atoms with Crippen molar-refractivity contribution in [1.29, 1.82) is 0 Å². The molecule has 0 bridgehead atoms. The summed E-state index contributed by atoms with van der Waals surface area (Å²) in [6.07, 6.45) is 2.49. The minimum atomic E-state index is -0.374. The maximum absolute atomic E-state index is 12.2. The van der Waals surface area contributed by atoms with Crippen molar-refractivity contribution in [1.82, 2.24) is 5.32 Å². The minimum absolute atomic E-state index is 0.0319. The lowest BCUT2D eigenvalue weighted by molar-refractivity contribution is -0.120. The van der Waals surface area contributed by atoms with E-state index < -0.39 is 0 Å². The van der Waals surface area contributed by atoms with Crippen LogP contribution in [0.3, 0.4) is 0 Å². The van der Waals surface area contributed by atoms with Gasteiger partial charge < -0.3 is 25.4 Å². The van der Waals surface area contributed by atoms with E-state index in [4.69, 9.17) is 9.47 Å². The Morgan fingerprint density at radius 2 is 1.56 bits per heavy atom. The maximum atomic E-state index is 12.2. The second kappa shape index (κ2) is 8.44. The van der Waals surface area contributed by atoms with Gasteiger partial charge in [0, 0.05) is 23.5 Å². The first-order valence-electron chi connectivity index (χ1n) is 8.75. The van der Waals surface area contributed by atoms with Crippen molar-refractivity contribution in [2.24, 2.45) is 0 Å². The molecule has 0 unspecified atom stereocenters. The number of urea groups is 1. The summed E-state index contributed by atoms with van der Waals surface area (Å²) < 4.78 is 10.4. The highest BCUT2D eigenvalue weighted by atomic mass is 16.5. The molecular weight excluding hydrogens is 346 g/mol. The third-order valence-electron chi connectivity index (χ3n) is 4.16. The fourth-order valence-electron chi connectivity index (χ4n) is 2.61. The summed E-state index contributed by atoms with van der Waals surface area (Å²) in [5.41, 5.74) is 2.12. The first-order chi connectivity index (χ1) is 13.1. The van der Waals surface area contributed by atoms with Crippen LogP contribution in [-0.4, -0.2) is 32.2 Å². The first kappa shape index (κ1) is 18.6. The molecule has 2 aromatic carbocycles. The summed E-state index contributed by atoms with van der Waals surface area (Å²) in [7, 11) is 3.09. The van der Waals surface area contributed by atoms with E-state index in [0.29, 0.717) is 35.3 Å². The van der Waals surface area contributed by atoms with E-state index in [1.165, 1.54) is 7.11 Å². The Bertz CT molecular complexity index is 816. The van der Waals surface area contributed by atoms with E-state index >= 15 is 0 Å². The summed E-state index contributed by atoms with van der Waals surface area (Å²) in [4.78, 5) is 24.0. The Kier molecular flexibility index (Phi) is 5.80. The van der Waals surface area contributed by atoms with Crippen LogP contribution in [0.5, 0.6) is 11.5 Å². The van der Waals surface area contributed by atoms with E-state index in [1.807, 2.05) is 12.1 Å². The molecule has 0 aliphatic heterocycles. The van der Waals surface area contributed by atoms with Crippen LogP contribution in [0.25, 0.3) is 0 Å².